The minimum absolute atomic E-state index is 0.219. The normalized spacial score (nSPS) is 31.3. The average molecular weight is 418 g/mol. The molecule has 162 valence electrons. The zero-order valence-corrected chi connectivity index (χ0v) is 17.0. The lowest BCUT2D eigenvalue weighted by Crippen LogP contribution is -2.58. The number of ether oxygens (including phenoxy) is 1. The van der Waals surface area contributed by atoms with Crippen molar-refractivity contribution in [1.82, 2.24) is 4.90 Å². The minimum Gasteiger partial charge on any atom is -0.455 e. The Bertz CT molecular complexity index is 842. The molecule has 0 radical (unpaired) electrons. The highest BCUT2D eigenvalue weighted by molar-refractivity contribution is 5.94. The van der Waals surface area contributed by atoms with Crippen LogP contribution in [0.15, 0.2) is 24.3 Å². The van der Waals surface area contributed by atoms with E-state index in [-0.39, 0.29) is 6.54 Å². The van der Waals surface area contributed by atoms with Crippen molar-refractivity contribution in [2.45, 2.75) is 44.1 Å². The van der Waals surface area contributed by atoms with E-state index in [9.17, 15) is 23.9 Å². The molecule has 2 atom stereocenters. The van der Waals surface area contributed by atoms with E-state index in [1.54, 1.807) is 0 Å². The number of amides is 2. The standard InChI is InChI=1S/C22H27FN2O5/c1-25(11-18(26)24-17-4-2-16(23)3-5-17)19(27)12-30-20(28)21-7-14-6-15(8-21)10-22(29,9-14)13-21/h2-5,14-15,29H,6-13H2,1H3,(H,24,26)/t14-,15-,21?,22?/m1/s1. The number of anilines is 1. The van der Waals surface area contributed by atoms with Gasteiger partial charge in [0.25, 0.3) is 5.91 Å². The molecule has 2 amide bonds. The lowest BCUT2D eigenvalue weighted by atomic mass is 9.48. The van der Waals surface area contributed by atoms with Crippen LogP contribution in [0.2, 0.25) is 0 Å². The fourth-order valence-corrected chi connectivity index (χ4v) is 5.88. The third-order valence-corrected chi connectivity index (χ3v) is 6.72. The van der Waals surface area contributed by atoms with Gasteiger partial charge in [0, 0.05) is 12.7 Å². The molecule has 30 heavy (non-hydrogen) atoms. The maximum Gasteiger partial charge on any atom is 0.312 e. The summed E-state index contributed by atoms with van der Waals surface area (Å²) in [6.45, 7) is -0.655. The number of rotatable bonds is 6. The summed E-state index contributed by atoms with van der Waals surface area (Å²) in [5, 5.41) is 13.3. The van der Waals surface area contributed by atoms with Gasteiger partial charge in [0.05, 0.1) is 17.6 Å². The number of benzene rings is 1. The van der Waals surface area contributed by atoms with Crippen LogP contribution in [0.25, 0.3) is 0 Å². The Hall–Kier alpha value is -2.48. The van der Waals surface area contributed by atoms with Crippen molar-refractivity contribution in [3.8, 4) is 0 Å². The average Bonchev–Trinajstić information content (AvgIpc) is 2.65. The number of hydrogen-bond donors (Lipinski definition) is 2. The summed E-state index contributed by atoms with van der Waals surface area (Å²) in [6.07, 6.45) is 4.41. The van der Waals surface area contributed by atoms with Crippen molar-refractivity contribution in [3.05, 3.63) is 30.1 Å². The number of carbonyl (C=O) groups is 3. The molecule has 2 N–H and O–H groups in total. The van der Waals surface area contributed by atoms with Gasteiger partial charge in [0.2, 0.25) is 5.91 Å². The number of aliphatic hydroxyl groups is 1. The lowest BCUT2D eigenvalue weighted by Gasteiger charge is -2.58. The fraction of sp³-hybridized carbons (Fsp3) is 0.591. The Balaban J connectivity index is 1.27. The first kappa shape index (κ1) is 20.8. The molecule has 0 aliphatic heterocycles. The van der Waals surface area contributed by atoms with Crippen LogP contribution in [-0.4, -0.2) is 53.6 Å². The predicted molar refractivity (Wildman–Crippen MR) is 106 cm³/mol. The molecule has 1 aromatic carbocycles. The molecular weight excluding hydrogens is 391 g/mol. The van der Waals surface area contributed by atoms with E-state index in [0.29, 0.717) is 23.9 Å². The van der Waals surface area contributed by atoms with E-state index in [0.717, 1.165) is 32.1 Å². The molecule has 0 aromatic heterocycles. The zero-order chi connectivity index (χ0) is 21.5. The molecule has 4 aliphatic carbocycles. The lowest BCUT2D eigenvalue weighted by molar-refractivity contribution is -0.196. The predicted octanol–water partition coefficient (Wildman–Crippen LogP) is 2.10. The minimum atomic E-state index is -0.775. The Morgan fingerprint density at radius 1 is 1.17 bits per heavy atom. The molecule has 8 heteroatoms. The van der Waals surface area contributed by atoms with Crippen LogP contribution in [0, 0.1) is 23.1 Å². The van der Waals surface area contributed by atoms with Crippen LogP contribution in [0.3, 0.4) is 0 Å². The second-order valence-corrected chi connectivity index (χ2v) is 9.35. The summed E-state index contributed by atoms with van der Waals surface area (Å²) >= 11 is 0. The number of esters is 1. The largest absolute Gasteiger partial charge is 0.455 e. The molecule has 4 saturated carbocycles. The molecule has 0 spiro atoms. The van der Waals surface area contributed by atoms with Crippen molar-refractivity contribution < 1.29 is 28.6 Å². The molecule has 0 unspecified atom stereocenters. The SMILES string of the molecule is CN(CC(=O)Nc1ccc(F)cc1)C(=O)COC(=O)C12C[C@H]3C[C@@H](CC(O)(C3)C1)C2. The van der Waals surface area contributed by atoms with E-state index >= 15 is 0 Å². The molecule has 4 bridgehead atoms. The van der Waals surface area contributed by atoms with Gasteiger partial charge in [-0.3, -0.25) is 14.4 Å². The van der Waals surface area contributed by atoms with Gasteiger partial charge in [-0.25, -0.2) is 4.39 Å². The van der Waals surface area contributed by atoms with E-state index < -0.39 is 41.2 Å². The summed E-state index contributed by atoms with van der Waals surface area (Å²) in [4.78, 5) is 38.4. The first-order valence-electron chi connectivity index (χ1n) is 10.4. The third kappa shape index (κ3) is 4.19. The van der Waals surface area contributed by atoms with Gasteiger partial charge in [0.15, 0.2) is 6.61 Å². The first-order chi connectivity index (χ1) is 14.2. The van der Waals surface area contributed by atoms with Gasteiger partial charge in [-0.2, -0.15) is 0 Å². The molecule has 0 heterocycles. The van der Waals surface area contributed by atoms with Gasteiger partial charge >= 0.3 is 5.97 Å². The summed E-state index contributed by atoms with van der Waals surface area (Å²) in [5.41, 5.74) is -1.03. The topological polar surface area (TPSA) is 95.9 Å². The Labute approximate surface area is 174 Å². The highest BCUT2D eigenvalue weighted by Gasteiger charge is 2.60. The number of carbonyl (C=O) groups excluding carboxylic acids is 3. The van der Waals surface area contributed by atoms with Crippen LogP contribution < -0.4 is 5.32 Å². The maximum atomic E-state index is 12.9. The Morgan fingerprint density at radius 2 is 1.80 bits per heavy atom. The molecule has 7 nitrogen and oxygen atoms in total. The van der Waals surface area contributed by atoms with Crippen molar-refractivity contribution in [1.29, 1.82) is 0 Å². The van der Waals surface area contributed by atoms with Gasteiger partial charge in [0.1, 0.15) is 5.82 Å². The van der Waals surface area contributed by atoms with Crippen LogP contribution in [0.5, 0.6) is 0 Å². The maximum absolute atomic E-state index is 12.9. The van der Waals surface area contributed by atoms with Crippen molar-refractivity contribution in [3.63, 3.8) is 0 Å². The van der Waals surface area contributed by atoms with Crippen LogP contribution in [0.4, 0.5) is 10.1 Å². The Morgan fingerprint density at radius 3 is 2.40 bits per heavy atom. The highest BCUT2D eigenvalue weighted by atomic mass is 19.1. The third-order valence-electron chi connectivity index (χ3n) is 6.72. The summed E-state index contributed by atoms with van der Waals surface area (Å²) in [5.74, 6) is -1.05. The molecule has 1 aromatic rings. The molecule has 4 aliphatic rings. The van der Waals surface area contributed by atoms with Crippen LogP contribution >= 0.6 is 0 Å². The van der Waals surface area contributed by atoms with Gasteiger partial charge in [-0.05, 0) is 74.6 Å². The summed E-state index contributed by atoms with van der Waals surface area (Å²) in [6, 6.07) is 5.31. The van der Waals surface area contributed by atoms with E-state index in [4.69, 9.17) is 4.74 Å². The van der Waals surface area contributed by atoms with Crippen molar-refractivity contribution in [2.75, 3.05) is 25.5 Å². The fourth-order valence-electron chi connectivity index (χ4n) is 5.88. The second-order valence-electron chi connectivity index (χ2n) is 9.35. The molecular formula is C22H27FN2O5. The van der Waals surface area contributed by atoms with E-state index in [1.165, 1.54) is 36.2 Å². The molecule has 4 fully saturated rings. The van der Waals surface area contributed by atoms with Gasteiger partial charge in [-0.1, -0.05) is 0 Å². The summed E-state index contributed by atoms with van der Waals surface area (Å²) in [7, 11) is 1.45. The second kappa shape index (κ2) is 7.65. The van der Waals surface area contributed by atoms with Gasteiger partial charge in [-0.15, -0.1) is 0 Å². The van der Waals surface area contributed by atoms with Crippen LogP contribution in [-0.2, 0) is 19.1 Å². The highest BCUT2D eigenvalue weighted by Crippen LogP contribution is 2.61. The first-order valence-corrected chi connectivity index (χ1v) is 10.4. The number of hydrogen-bond acceptors (Lipinski definition) is 5. The quantitative estimate of drug-likeness (QED) is 0.690. The van der Waals surface area contributed by atoms with Crippen LogP contribution in [0.1, 0.15) is 38.5 Å². The Kier molecular flexibility index (Phi) is 5.30. The molecule has 0 saturated heterocycles. The van der Waals surface area contributed by atoms with E-state index in [2.05, 4.69) is 5.32 Å². The number of nitrogens with zero attached hydrogens (tertiary/aromatic N) is 1. The smallest absolute Gasteiger partial charge is 0.312 e. The zero-order valence-electron chi connectivity index (χ0n) is 17.0. The van der Waals surface area contributed by atoms with E-state index in [1.807, 2.05) is 0 Å². The van der Waals surface area contributed by atoms with Crippen molar-refractivity contribution >= 4 is 23.5 Å². The number of likely N-dealkylation sites (N-methyl/N-ethyl adjacent to an activating group) is 1. The van der Waals surface area contributed by atoms with Crippen molar-refractivity contribution in [2.24, 2.45) is 17.3 Å². The number of halogens is 1. The summed E-state index contributed by atoms with van der Waals surface area (Å²) < 4.78 is 18.3. The van der Waals surface area contributed by atoms with Gasteiger partial charge < -0.3 is 20.1 Å². The monoisotopic (exact) mass is 418 g/mol. The molecule has 5 rings (SSSR count). The number of nitrogens with one attached hydrogen (secondary N) is 1.